The number of nitro benzene ring substituents is 2. The molecule has 2 N–H and O–H groups in total. The number of nitro groups is 2. The normalized spacial score (nSPS) is 11.8. The number of fused-ring (bicyclic) bond motifs is 8. The van der Waals surface area contributed by atoms with E-state index in [0.29, 0.717) is 78.7 Å². The first kappa shape index (κ1) is 39.3. The van der Waals surface area contributed by atoms with Gasteiger partial charge in [-0.15, -0.1) is 0 Å². The molecular weight excluding hydrogens is 761 g/mol. The molecule has 0 fully saturated rings. The van der Waals surface area contributed by atoms with Crippen molar-refractivity contribution in [2.75, 3.05) is 21.3 Å². The van der Waals surface area contributed by atoms with Crippen LogP contribution in [0.5, 0.6) is 17.2 Å². The van der Waals surface area contributed by atoms with E-state index in [0.717, 1.165) is 54.4 Å². The Hall–Kier alpha value is -7.54. The van der Waals surface area contributed by atoms with Crippen LogP contribution in [-0.2, 0) is 6.42 Å². The van der Waals surface area contributed by atoms with E-state index < -0.39 is 9.85 Å². The number of methoxy groups -OCH3 is 3. The number of unbranched alkanes of at least 4 members (excludes halogenated alkanes) is 3. The van der Waals surface area contributed by atoms with Gasteiger partial charge in [0.25, 0.3) is 11.4 Å². The third-order valence-electron chi connectivity index (χ3n) is 10.8. The molecule has 8 bridgehead atoms. The van der Waals surface area contributed by atoms with Gasteiger partial charge in [0, 0.05) is 68.6 Å². The Morgan fingerprint density at radius 2 is 1.02 bits per heavy atom. The van der Waals surface area contributed by atoms with Gasteiger partial charge < -0.3 is 24.2 Å². The number of nitrogens with zero attached hydrogens (tertiary/aromatic N) is 4. The van der Waals surface area contributed by atoms with E-state index in [2.05, 4.69) is 16.9 Å². The first-order chi connectivity index (χ1) is 29.2. The van der Waals surface area contributed by atoms with E-state index in [4.69, 9.17) is 24.2 Å². The Labute approximate surface area is 345 Å². The second-order valence-corrected chi connectivity index (χ2v) is 14.4. The molecule has 0 amide bonds. The molecule has 3 aromatic heterocycles. The number of hydrogen-bond acceptors (Lipinski definition) is 9. The van der Waals surface area contributed by atoms with Crippen LogP contribution in [0.25, 0.3) is 79.8 Å². The Kier molecular flexibility index (Phi) is 11.0. The zero-order valence-electron chi connectivity index (χ0n) is 33.6. The van der Waals surface area contributed by atoms with E-state index in [1.54, 1.807) is 45.6 Å². The van der Waals surface area contributed by atoms with Crippen LogP contribution in [0.4, 0.5) is 11.4 Å². The number of aromatic nitrogens is 4. The van der Waals surface area contributed by atoms with Crippen LogP contribution in [0.3, 0.4) is 0 Å². The molecule has 0 atom stereocenters. The maximum atomic E-state index is 12.0. The monoisotopic (exact) mass is 802 g/mol. The summed E-state index contributed by atoms with van der Waals surface area (Å²) < 4.78 is 17.2. The third-order valence-corrected chi connectivity index (χ3v) is 10.8. The molecule has 302 valence electrons. The fourth-order valence-corrected chi connectivity index (χ4v) is 7.94. The summed E-state index contributed by atoms with van der Waals surface area (Å²) in [6, 6.07) is 24.7. The minimum atomic E-state index is -0.400. The number of hydrogen-bond donors (Lipinski definition) is 2. The Bertz CT molecular complexity index is 2830. The summed E-state index contributed by atoms with van der Waals surface area (Å²) in [6.45, 7) is 2.18. The summed E-state index contributed by atoms with van der Waals surface area (Å²) in [5, 5.41) is 24.1. The smallest absolute Gasteiger partial charge is 0.270 e. The highest BCUT2D eigenvalue weighted by atomic mass is 16.6. The molecule has 8 rings (SSSR count). The van der Waals surface area contributed by atoms with Gasteiger partial charge in [-0.05, 0) is 90.2 Å². The molecule has 0 radical (unpaired) electrons. The predicted octanol–water partition coefficient (Wildman–Crippen LogP) is 11.6. The van der Waals surface area contributed by atoms with Crippen molar-refractivity contribution >= 4 is 57.7 Å². The second-order valence-electron chi connectivity index (χ2n) is 14.4. The quantitative estimate of drug-likeness (QED) is 0.0653. The van der Waals surface area contributed by atoms with Gasteiger partial charge in [-0.2, -0.15) is 0 Å². The highest BCUT2D eigenvalue weighted by Gasteiger charge is 2.22. The molecule has 0 saturated carbocycles. The second kappa shape index (κ2) is 16.7. The van der Waals surface area contributed by atoms with Gasteiger partial charge in [0.15, 0.2) is 11.5 Å². The molecule has 3 aromatic carbocycles. The van der Waals surface area contributed by atoms with Crippen LogP contribution in [0.2, 0.25) is 0 Å². The van der Waals surface area contributed by atoms with Crippen molar-refractivity contribution in [3.63, 3.8) is 0 Å². The van der Waals surface area contributed by atoms with Crippen molar-refractivity contribution in [2.45, 2.75) is 39.0 Å². The lowest BCUT2D eigenvalue weighted by atomic mass is 10.0. The molecule has 0 saturated heterocycles. The molecule has 0 unspecified atom stereocenters. The largest absolute Gasteiger partial charge is 0.493 e. The fourth-order valence-electron chi connectivity index (χ4n) is 7.94. The van der Waals surface area contributed by atoms with Crippen molar-refractivity contribution in [2.24, 2.45) is 0 Å². The number of rotatable bonds is 13. The number of H-pyrrole nitrogens is 2. The number of aromatic amines is 2. The fraction of sp³-hybridized carbons (Fsp3) is 0.191. The number of benzene rings is 3. The maximum Gasteiger partial charge on any atom is 0.270 e. The summed E-state index contributed by atoms with van der Waals surface area (Å²) in [4.78, 5) is 41.1. The molecule has 13 nitrogen and oxygen atoms in total. The highest BCUT2D eigenvalue weighted by Crippen LogP contribution is 2.44. The Morgan fingerprint density at radius 1 is 0.550 bits per heavy atom. The molecule has 6 aromatic rings. The summed E-state index contributed by atoms with van der Waals surface area (Å²) >= 11 is 0. The maximum absolute atomic E-state index is 12.0. The van der Waals surface area contributed by atoms with Crippen LogP contribution in [0, 0.1) is 20.2 Å². The molecular formula is C47H42N6O7. The van der Waals surface area contributed by atoms with Gasteiger partial charge in [-0.1, -0.05) is 50.5 Å². The van der Waals surface area contributed by atoms with Crippen molar-refractivity contribution in [1.82, 2.24) is 19.9 Å². The standard InChI is InChI=1S/C47H42N6O7/c1-5-6-7-8-15-33-34-16-18-36(48-34)44(28-11-9-13-31(24-28)52(54)55)38-20-22-40(50-38)46(30-26-42(58-2)47(60-4)43(27-30)59-3)41-23-21-39(51-41)45(37-19-17-35(33)49-37)29-12-10-14-32(25-29)53(56)57/h9-14,16-27,48,51H,5-8,15H2,1-4H3. The van der Waals surface area contributed by atoms with E-state index in [9.17, 15) is 20.2 Å². The van der Waals surface area contributed by atoms with Crippen LogP contribution < -0.4 is 14.2 Å². The summed E-state index contributed by atoms with van der Waals surface area (Å²) in [6.07, 6.45) is 12.7. The topological polar surface area (TPSA) is 171 Å². The third kappa shape index (κ3) is 7.48. The van der Waals surface area contributed by atoms with Gasteiger partial charge >= 0.3 is 0 Å². The highest BCUT2D eigenvalue weighted by molar-refractivity contribution is 5.98. The van der Waals surface area contributed by atoms with Crippen molar-refractivity contribution in [3.8, 4) is 50.6 Å². The number of aryl methyl sites for hydroxylation is 1. The molecule has 13 heteroatoms. The summed E-state index contributed by atoms with van der Waals surface area (Å²) in [7, 11) is 4.65. The van der Waals surface area contributed by atoms with Gasteiger partial charge in [0.05, 0.1) is 54.0 Å². The predicted molar refractivity (Wildman–Crippen MR) is 236 cm³/mol. The van der Waals surface area contributed by atoms with Crippen molar-refractivity contribution in [3.05, 3.63) is 133 Å². The van der Waals surface area contributed by atoms with Crippen molar-refractivity contribution < 1.29 is 24.1 Å². The van der Waals surface area contributed by atoms with Gasteiger partial charge in [0.2, 0.25) is 5.75 Å². The molecule has 60 heavy (non-hydrogen) atoms. The lowest BCUT2D eigenvalue weighted by Gasteiger charge is -2.14. The van der Waals surface area contributed by atoms with Crippen LogP contribution in [-0.4, -0.2) is 51.1 Å². The summed E-state index contributed by atoms with van der Waals surface area (Å²) in [5.74, 6) is 1.30. The van der Waals surface area contributed by atoms with Crippen LogP contribution >= 0.6 is 0 Å². The molecule has 2 aliphatic heterocycles. The number of non-ortho nitro benzene ring substituents is 2. The average Bonchev–Trinajstić information content (AvgIpc) is 4.11. The summed E-state index contributed by atoms with van der Waals surface area (Å²) in [5.41, 5.74) is 10.4. The van der Waals surface area contributed by atoms with Crippen LogP contribution in [0.1, 0.15) is 60.9 Å². The molecule has 5 heterocycles. The minimum Gasteiger partial charge on any atom is -0.493 e. The Balaban J connectivity index is 1.54. The van der Waals surface area contributed by atoms with Gasteiger partial charge in [-0.3, -0.25) is 20.2 Å². The lowest BCUT2D eigenvalue weighted by Crippen LogP contribution is -1.96. The SMILES string of the molecule is CCCCCCc1c2nc(c(-c3cccc([N+](=O)[O-])c3)c3ccc([nH]3)c(-c3cc(OC)c(OC)c(OC)c3)c3nc(c(-c4cccc([N+](=O)[O-])c4)c4ccc1[nH]4)C=C3)C=C2. The minimum absolute atomic E-state index is 0.0400. The van der Waals surface area contributed by atoms with E-state index >= 15 is 0 Å². The molecule has 0 spiro atoms. The zero-order valence-corrected chi connectivity index (χ0v) is 33.6. The van der Waals surface area contributed by atoms with Crippen LogP contribution in [0.15, 0.2) is 84.9 Å². The number of nitrogens with one attached hydrogen (secondary N) is 2. The lowest BCUT2D eigenvalue weighted by molar-refractivity contribution is -0.385. The van der Waals surface area contributed by atoms with Gasteiger partial charge in [0.1, 0.15) is 0 Å². The first-order valence-electron chi connectivity index (χ1n) is 19.7. The van der Waals surface area contributed by atoms with E-state index in [1.165, 1.54) is 12.1 Å². The number of ether oxygens (including phenoxy) is 3. The van der Waals surface area contributed by atoms with E-state index in [-0.39, 0.29) is 11.4 Å². The van der Waals surface area contributed by atoms with Gasteiger partial charge in [-0.25, -0.2) is 9.97 Å². The zero-order chi connectivity index (χ0) is 41.9. The molecule has 2 aliphatic rings. The van der Waals surface area contributed by atoms with E-state index in [1.807, 2.05) is 72.8 Å². The molecule has 0 aliphatic carbocycles. The van der Waals surface area contributed by atoms with Crippen molar-refractivity contribution in [1.29, 1.82) is 0 Å². The first-order valence-corrected chi connectivity index (χ1v) is 19.7. The average molecular weight is 803 g/mol. The Morgan fingerprint density at radius 3 is 1.50 bits per heavy atom.